The molecule has 0 fully saturated rings. The van der Waals surface area contributed by atoms with Crippen molar-refractivity contribution in [1.82, 2.24) is 10.2 Å². The highest BCUT2D eigenvalue weighted by atomic mass is 16.4. The Bertz CT molecular complexity index is 271. The Morgan fingerprint density at radius 1 is 1.33 bits per heavy atom. The van der Waals surface area contributed by atoms with Crippen molar-refractivity contribution < 1.29 is 19.8 Å². The third-order valence-corrected chi connectivity index (χ3v) is 2.87. The SMILES string of the molecule is CCCCN(C(=O)NCC(O)C(=O)O)C(C)CC. The van der Waals surface area contributed by atoms with E-state index in [4.69, 9.17) is 10.2 Å². The summed E-state index contributed by atoms with van der Waals surface area (Å²) in [7, 11) is 0. The van der Waals surface area contributed by atoms with Gasteiger partial charge in [-0.15, -0.1) is 0 Å². The zero-order chi connectivity index (χ0) is 14.1. The summed E-state index contributed by atoms with van der Waals surface area (Å²) in [4.78, 5) is 24.0. The summed E-state index contributed by atoms with van der Waals surface area (Å²) in [6.07, 6.45) is 1.16. The predicted octanol–water partition coefficient (Wildman–Crippen LogP) is 1.04. The molecule has 2 atom stereocenters. The van der Waals surface area contributed by atoms with Crippen LogP contribution in [0.4, 0.5) is 4.79 Å². The Balaban J connectivity index is 4.32. The lowest BCUT2D eigenvalue weighted by molar-refractivity contribution is -0.146. The Kier molecular flexibility index (Phi) is 8.11. The van der Waals surface area contributed by atoms with E-state index in [0.29, 0.717) is 6.54 Å². The predicted molar refractivity (Wildman–Crippen MR) is 68.4 cm³/mol. The smallest absolute Gasteiger partial charge is 0.334 e. The lowest BCUT2D eigenvalue weighted by atomic mass is 10.2. The van der Waals surface area contributed by atoms with Crippen molar-refractivity contribution in [3.63, 3.8) is 0 Å². The maximum atomic E-state index is 11.9. The second-order valence-corrected chi connectivity index (χ2v) is 4.34. The fourth-order valence-corrected chi connectivity index (χ4v) is 1.44. The van der Waals surface area contributed by atoms with Crippen LogP contribution in [0.5, 0.6) is 0 Å². The minimum absolute atomic E-state index is 0.0959. The molecular weight excluding hydrogens is 236 g/mol. The summed E-state index contributed by atoms with van der Waals surface area (Å²) < 4.78 is 0. The van der Waals surface area contributed by atoms with E-state index in [0.717, 1.165) is 19.3 Å². The number of aliphatic carboxylic acids is 1. The highest BCUT2D eigenvalue weighted by Gasteiger charge is 2.20. The first-order valence-electron chi connectivity index (χ1n) is 6.39. The van der Waals surface area contributed by atoms with E-state index in [1.54, 1.807) is 4.90 Å². The fraction of sp³-hybridized carbons (Fsp3) is 0.833. The number of carbonyl (C=O) groups is 2. The van der Waals surface area contributed by atoms with Gasteiger partial charge in [-0.1, -0.05) is 20.3 Å². The van der Waals surface area contributed by atoms with Crippen LogP contribution in [0.3, 0.4) is 0 Å². The third kappa shape index (κ3) is 5.86. The second-order valence-electron chi connectivity index (χ2n) is 4.34. The van der Waals surface area contributed by atoms with E-state index in [2.05, 4.69) is 5.32 Å². The van der Waals surface area contributed by atoms with Crippen molar-refractivity contribution in [1.29, 1.82) is 0 Å². The standard InChI is InChI=1S/C12H24N2O4/c1-4-6-7-14(9(3)5-2)12(18)13-8-10(15)11(16)17/h9-10,15H,4-8H2,1-3H3,(H,13,18)(H,16,17). The normalized spacial score (nSPS) is 13.8. The molecule has 18 heavy (non-hydrogen) atoms. The van der Waals surface area contributed by atoms with Crippen LogP contribution < -0.4 is 5.32 Å². The number of rotatable bonds is 8. The average Bonchev–Trinajstić information content (AvgIpc) is 2.35. The van der Waals surface area contributed by atoms with Crippen molar-refractivity contribution in [2.45, 2.75) is 52.2 Å². The van der Waals surface area contributed by atoms with Gasteiger partial charge in [-0.05, 0) is 19.8 Å². The monoisotopic (exact) mass is 260 g/mol. The van der Waals surface area contributed by atoms with Crippen LogP contribution in [-0.2, 0) is 4.79 Å². The first kappa shape index (κ1) is 16.7. The lowest BCUT2D eigenvalue weighted by Crippen LogP contribution is -2.48. The number of hydrogen-bond acceptors (Lipinski definition) is 3. The van der Waals surface area contributed by atoms with Crippen molar-refractivity contribution in [2.24, 2.45) is 0 Å². The number of urea groups is 1. The zero-order valence-electron chi connectivity index (χ0n) is 11.3. The second kappa shape index (κ2) is 8.74. The number of carbonyl (C=O) groups excluding carboxylic acids is 1. The van der Waals surface area contributed by atoms with Gasteiger partial charge in [0.1, 0.15) is 0 Å². The highest BCUT2D eigenvalue weighted by molar-refractivity contribution is 5.77. The third-order valence-electron chi connectivity index (χ3n) is 2.87. The van der Waals surface area contributed by atoms with Crippen LogP contribution in [0.2, 0.25) is 0 Å². The Hall–Kier alpha value is -1.30. The van der Waals surface area contributed by atoms with E-state index in [1.807, 2.05) is 20.8 Å². The molecule has 0 aliphatic rings. The molecule has 0 heterocycles. The molecule has 0 spiro atoms. The number of nitrogens with zero attached hydrogens (tertiary/aromatic N) is 1. The summed E-state index contributed by atoms with van der Waals surface area (Å²) in [5.74, 6) is -1.33. The Morgan fingerprint density at radius 3 is 2.39 bits per heavy atom. The number of aliphatic hydroxyl groups excluding tert-OH is 1. The van der Waals surface area contributed by atoms with Gasteiger partial charge < -0.3 is 20.4 Å². The number of nitrogens with one attached hydrogen (secondary N) is 1. The molecule has 0 aromatic rings. The molecule has 0 saturated heterocycles. The van der Waals surface area contributed by atoms with Crippen LogP contribution >= 0.6 is 0 Å². The van der Waals surface area contributed by atoms with Gasteiger partial charge in [-0.3, -0.25) is 0 Å². The molecule has 0 aromatic carbocycles. The van der Waals surface area contributed by atoms with Gasteiger partial charge in [0.15, 0.2) is 6.10 Å². The van der Waals surface area contributed by atoms with Gasteiger partial charge in [0.2, 0.25) is 0 Å². The van der Waals surface area contributed by atoms with Crippen molar-refractivity contribution >= 4 is 12.0 Å². The molecule has 0 rings (SSSR count). The van der Waals surface area contributed by atoms with Crippen LogP contribution in [0, 0.1) is 0 Å². The van der Waals surface area contributed by atoms with Gasteiger partial charge in [0.05, 0.1) is 6.54 Å². The zero-order valence-corrected chi connectivity index (χ0v) is 11.3. The van der Waals surface area contributed by atoms with E-state index in [1.165, 1.54) is 0 Å². The number of carboxylic acids is 1. The molecule has 2 amide bonds. The quantitative estimate of drug-likeness (QED) is 0.608. The van der Waals surface area contributed by atoms with E-state index in [-0.39, 0.29) is 18.6 Å². The Labute approximate surface area is 108 Å². The number of amides is 2. The molecule has 0 radical (unpaired) electrons. The van der Waals surface area contributed by atoms with Gasteiger partial charge in [0, 0.05) is 12.6 Å². The molecule has 6 heteroatoms. The molecule has 106 valence electrons. The number of hydrogen-bond donors (Lipinski definition) is 3. The van der Waals surface area contributed by atoms with Gasteiger partial charge in [-0.2, -0.15) is 0 Å². The fourth-order valence-electron chi connectivity index (χ4n) is 1.44. The number of aliphatic hydroxyl groups is 1. The van der Waals surface area contributed by atoms with Crippen molar-refractivity contribution in [3.05, 3.63) is 0 Å². The molecule has 0 aliphatic heterocycles. The van der Waals surface area contributed by atoms with Crippen LogP contribution in [0.25, 0.3) is 0 Å². The van der Waals surface area contributed by atoms with E-state index >= 15 is 0 Å². The number of carboxylic acid groups (broad SMARTS) is 1. The minimum Gasteiger partial charge on any atom is -0.479 e. The van der Waals surface area contributed by atoms with Crippen molar-refractivity contribution in [3.8, 4) is 0 Å². The maximum Gasteiger partial charge on any atom is 0.334 e. The molecule has 0 saturated carbocycles. The first-order chi connectivity index (χ1) is 8.43. The van der Waals surface area contributed by atoms with Gasteiger partial charge in [-0.25, -0.2) is 9.59 Å². The van der Waals surface area contributed by atoms with Gasteiger partial charge >= 0.3 is 12.0 Å². The molecule has 0 aromatic heterocycles. The molecule has 3 N–H and O–H groups in total. The summed E-state index contributed by atoms with van der Waals surface area (Å²) in [5, 5.41) is 20.1. The van der Waals surface area contributed by atoms with Crippen molar-refractivity contribution in [2.75, 3.05) is 13.1 Å². The molecule has 6 nitrogen and oxygen atoms in total. The molecule has 0 bridgehead atoms. The van der Waals surface area contributed by atoms with Crippen LogP contribution in [0.1, 0.15) is 40.0 Å². The largest absolute Gasteiger partial charge is 0.479 e. The summed E-state index contributed by atoms with van der Waals surface area (Å²) in [6.45, 7) is 6.35. The molecular formula is C12H24N2O4. The topological polar surface area (TPSA) is 89.9 Å². The molecule has 0 aliphatic carbocycles. The summed E-state index contributed by atoms with van der Waals surface area (Å²) >= 11 is 0. The minimum atomic E-state index is -1.56. The molecule has 2 unspecified atom stereocenters. The highest BCUT2D eigenvalue weighted by Crippen LogP contribution is 2.06. The number of unbranched alkanes of at least 4 members (excludes halogenated alkanes) is 1. The lowest BCUT2D eigenvalue weighted by Gasteiger charge is -2.29. The Morgan fingerprint density at radius 2 is 1.94 bits per heavy atom. The average molecular weight is 260 g/mol. The van der Waals surface area contributed by atoms with Gasteiger partial charge in [0.25, 0.3) is 0 Å². The maximum absolute atomic E-state index is 11.9. The summed E-state index contributed by atoms with van der Waals surface area (Å²) in [6, 6.07) is -0.225. The summed E-state index contributed by atoms with van der Waals surface area (Å²) in [5.41, 5.74) is 0. The van der Waals surface area contributed by atoms with Crippen LogP contribution in [0.15, 0.2) is 0 Å². The first-order valence-corrected chi connectivity index (χ1v) is 6.39. The van der Waals surface area contributed by atoms with E-state index < -0.39 is 12.1 Å². The van der Waals surface area contributed by atoms with E-state index in [9.17, 15) is 9.59 Å². The van der Waals surface area contributed by atoms with Crippen LogP contribution in [-0.4, -0.2) is 52.3 Å².